The van der Waals surface area contributed by atoms with Crippen molar-refractivity contribution >= 4 is 23.0 Å². The van der Waals surface area contributed by atoms with Gasteiger partial charge in [0.1, 0.15) is 17.1 Å². The molecule has 28 heavy (non-hydrogen) atoms. The number of likely N-dealkylation sites (tertiary alicyclic amines) is 1. The predicted octanol–water partition coefficient (Wildman–Crippen LogP) is 4.20. The van der Waals surface area contributed by atoms with E-state index in [9.17, 15) is 14.0 Å². The van der Waals surface area contributed by atoms with Crippen molar-refractivity contribution in [3.63, 3.8) is 0 Å². The largest absolute Gasteiger partial charge is 0.444 e. The van der Waals surface area contributed by atoms with Gasteiger partial charge >= 0.3 is 6.09 Å². The van der Waals surface area contributed by atoms with E-state index >= 15 is 0 Å². The highest BCUT2D eigenvalue weighted by molar-refractivity contribution is 6.06. The van der Waals surface area contributed by atoms with Crippen LogP contribution in [-0.2, 0) is 4.74 Å². The number of ether oxygens (including phenoxy) is 1. The van der Waals surface area contributed by atoms with Crippen LogP contribution in [0.4, 0.5) is 9.18 Å². The number of pyridine rings is 1. The van der Waals surface area contributed by atoms with E-state index in [1.165, 1.54) is 6.07 Å². The molecule has 0 bridgehead atoms. The summed E-state index contributed by atoms with van der Waals surface area (Å²) < 4.78 is 20.8. The Morgan fingerprint density at radius 2 is 2.04 bits per heavy atom. The minimum Gasteiger partial charge on any atom is -0.444 e. The Balaban J connectivity index is 1.84. The first-order valence-corrected chi connectivity index (χ1v) is 8.93. The maximum absolute atomic E-state index is 13.6. The normalized spacial score (nSPS) is 15.4. The molecule has 1 fully saturated rings. The van der Waals surface area contributed by atoms with E-state index in [-0.39, 0.29) is 17.7 Å². The first-order chi connectivity index (χ1) is 13.2. The van der Waals surface area contributed by atoms with Gasteiger partial charge in [0.2, 0.25) is 0 Å². The number of piperidine rings is 1. The van der Waals surface area contributed by atoms with Gasteiger partial charge in [-0.1, -0.05) is 0 Å². The van der Waals surface area contributed by atoms with Crippen LogP contribution >= 0.6 is 0 Å². The average molecular weight is 388 g/mol. The van der Waals surface area contributed by atoms with Gasteiger partial charge in [-0.2, -0.15) is 0 Å². The number of amides is 2. The number of fused-ring (bicyclic) bond motifs is 1. The summed E-state index contributed by atoms with van der Waals surface area (Å²) in [7, 11) is 0. The SMILES string of the molecule is CC(C)(C)OC(=O)N1CCC(n2cc(C(=O)N=[N+]=[N-])c3cc(F)cnc32)CC1. The maximum Gasteiger partial charge on any atom is 0.410 e. The third-order valence-corrected chi connectivity index (χ3v) is 4.51. The number of azide groups is 1. The Kier molecular flexibility index (Phi) is 5.24. The Labute approximate surface area is 160 Å². The molecule has 0 saturated carbocycles. The zero-order chi connectivity index (χ0) is 20.5. The summed E-state index contributed by atoms with van der Waals surface area (Å²) in [6.07, 6.45) is 3.51. The van der Waals surface area contributed by atoms with E-state index < -0.39 is 17.3 Å². The van der Waals surface area contributed by atoms with Gasteiger partial charge in [0.25, 0.3) is 5.91 Å². The summed E-state index contributed by atoms with van der Waals surface area (Å²) in [6, 6.07) is 1.17. The Morgan fingerprint density at radius 3 is 2.64 bits per heavy atom. The molecule has 2 aromatic rings. The van der Waals surface area contributed by atoms with E-state index in [2.05, 4.69) is 15.0 Å². The lowest BCUT2D eigenvalue weighted by Gasteiger charge is -2.34. The summed E-state index contributed by atoms with van der Waals surface area (Å²) in [5.41, 5.74) is 8.52. The molecule has 148 valence electrons. The molecule has 0 N–H and O–H groups in total. The Hall–Kier alpha value is -3.13. The van der Waals surface area contributed by atoms with Crippen LogP contribution in [0.1, 0.15) is 50.0 Å². The quantitative estimate of drug-likeness (QED) is 0.436. The molecule has 1 aliphatic rings. The summed E-state index contributed by atoms with van der Waals surface area (Å²) in [6.45, 7) is 6.42. The first-order valence-electron chi connectivity index (χ1n) is 8.93. The van der Waals surface area contributed by atoms with Crippen LogP contribution in [0.3, 0.4) is 0 Å². The van der Waals surface area contributed by atoms with E-state index in [1.807, 2.05) is 20.8 Å². The molecule has 1 aliphatic heterocycles. The molecule has 0 spiro atoms. The highest BCUT2D eigenvalue weighted by atomic mass is 19.1. The number of hydrogen-bond acceptors (Lipinski definition) is 4. The molecular weight excluding hydrogens is 367 g/mol. The fourth-order valence-electron chi connectivity index (χ4n) is 3.30. The molecule has 9 nitrogen and oxygen atoms in total. The number of carbonyl (C=O) groups is 2. The van der Waals surface area contributed by atoms with Gasteiger partial charge in [-0.3, -0.25) is 4.79 Å². The number of halogens is 1. The molecule has 0 radical (unpaired) electrons. The topological polar surface area (TPSA) is 113 Å². The van der Waals surface area contributed by atoms with Crippen molar-refractivity contribution in [2.75, 3.05) is 13.1 Å². The second-order valence-corrected chi connectivity index (χ2v) is 7.67. The zero-order valence-electron chi connectivity index (χ0n) is 15.9. The third-order valence-electron chi connectivity index (χ3n) is 4.51. The molecule has 0 aliphatic carbocycles. The highest BCUT2D eigenvalue weighted by Crippen LogP contribution is 2.30. The van der Waals surface area contributed by atoms with Crippen LogP contribution in [0.2, 0.25) is 0 Å². The van der Waals surface area contributed by atoms with Crippen LogP contribution < -0.4 is 0 Å². The molecular formula is C18H21FN6O3. The lowest BCUT2D eigenvalue weighted by molar-refractivity contribution is 0.0189. The van der Waals surface area contributed by atoms with E-state index in [0.29, 0.717) is 37.0 Å². The standard InChI is InChI=1S/C18H21FN6O3/c1-18(2,3)28-17(27)24-6-4-12(5-7-24)25-10-14(16(26)22-23-20)13-8-11(19)9-21-15(13)25/h8-10,12H,4-7H2,1-3H3. The molecule has 3 heterocycles. The second-order valence-electron chi connectivity index (χ2n) is 7.67. The van der Waals surface area contributed by atoms with E-state index in [4.69, 9.17) is 10.3 Å². The smallest absolute Gasteiger partial charge is 0.410 e. The van der Waals surface area contributed by atoms with Crippen LogP contribution in [0.5, 0.6) is 0 Å². The molecule has 10 heteroatoms. The van der Waals surface area contributed by atoms with Crippen molar-refractivity contribution < 1.29 is 18.7 Å². The van der Waals surface area contributed by atoms with Gasteiger partial charge in [0.05, 0.1) is 11.8 Å². The Morgan fingerprint density at radius 1 is 1.36 bits per heavy atom. The van der Waals surface area contributed by atoms with Crippen LogP contribution in [0.25, 0.3) is 21.5 Å². The lowest BCUT2D eigenvalue weighted by atomic mass is 10.1. The number of aromatic nitrogens is 2. The monoisotopic (exact) mass is 388 g/mol. The van der Waals surface area contributed by atoms with Crippen molar-refractivity contribution in [1.29, 1.82) is 0 Å². The molecule has 1 saturated heterocycles. The molecule has 0 unspecified atom stereocenters. The van der Waals surface area contributed by atoms with Gasteiger partial charge in [0, 0.05) is 35.6 Å². The minimum absolute atomic E-state index is 0.0354. The number of carbonyl (C=O) groups excluding carboxylic acids is 2. The number of rotatable bonds is 2. The van der Waals surface area contributed by atoms with Crippen LogP contribution in [-0.4, -0.2) is 45.1 Å². The van der Waals surface area contributed by atoms with Gasteiger partial charge in [-0.05, 0) is 50.3 Å². The highest BCUT2D eigenvalue weighted by Gasteiger charge is 2.29. The van der Waals surface area contributed by atoms with Crippen LogP contribution in [0.15, 0.2) is 23.6 Å². The molecule has 2 amide bonds. The van der Waals surface area contributed by atoms with Crippen molar-refractivity contribution in [2.24, 2.45) is 5.11 Å². The zero-order valence-corrected chi connectivity index (χ0v) is 15.9. The first kappa shape index (κ1) is 19.6. The molecule has 0 aromatic carbocycles. The Bertz CT molecular complexity index is 966. The van der Waals surface area contributed by atoms with E-state index in [0.717, 1.165) is 6.20 Å². The minimum atomic E-state index is -0.787. The summed E-state index contributed by atoms with van der Waals surface area (Å²) >= 11 is 0. The van der Waals surface area contributed by atoms with Crippen molar-refractivity contribution in [2.45, 2.75) is 45.3 Å². The summed E-state index contributed by atoms with van der Waals surface area (Å²) in [4.78, 5) is 32.6. The summed E-state index contributed by atoms with van der Waals surface area (Å²) in [5.74, 6) is -1.37. The average Bonchev–Trinajstić information content (AvgIpc) is 2.99. The van der Waals surface area contributed by atoms with Crippen molar-refractivity contribution in [3.8, 4) is 0 Å². The third kappa shape index (κ3) is 4.07. The predicted molar refractivity (Wildman–Crippen MR) is 99.2 cm³/mol. The van der Waals surface area contributed by atoms with Gasteiger partial charge in [-0.25, -0.2) is 14.2 Å². The fourth-order valence-corrected chi connectivity index (χ4v) is 3.30. The molecule has 0 atom stereocenters. The number of nitrogens with zero attached hydrogens (tertiary/aromatic N) is 6. The van der Waals surface area contributed by atoms with Crippen molar-refractivity contribution in [1.82, 2.24) is 14.5 Å². The lowest BCUT2D eigenvalue weighted by Crippen LogP contribution is -2.42. The number of hydrogen-bond donors (Lipinski definition) is 0. The fraction of sp³-hybridized carbons (Fsp3) is 0.500. The summed E-state index contributed by atoms with van der Waals surface area (Å²) in [5, 5.41) is 3.41. The maximum atomic E-state index is 13.6. The molecule has 3 rings (SSSR count). The van der Waals surface area contributed by atoms with Gasteiger partial charge < -0.3 is 14.2 Å². The molecule has 2 aromatic heterocycles. The second kappa shape index (κ2) is 7.47. The van der Waals surface area contributed by atoms with Gasteiger partial charge in [0.15, 0.2) is 0 Å². The van der Waals surface area contributed by atoms with Crippen LogP contribution in [0, 0.1) is 5.82 Å². The van der Waals surface area contributed by atoms with Crippen molar-refractivity contribution in [3.05, 3.63) is 40.3 Å². The van der Waals surface area contributed by atoms with E-state index in [1.54, 1.807) is 15.7 Å². The van der Waals surface area contributed by atoms with Gasteiger partial charge in [-0.15, -0.1) is 0 Å².